The number of carbonyl (C=O) groups excluding carboxylic acids is 1. The van der Waals surface area contributed by atoms with Gasteiger partial charge in [0, 0.05) is 5.56 Å². The summed E-state index contributed by atoms with van der Waals surface area (Å²) in [5, 5.41) is 10.2. The highest BCUT2D eigenvalue weighted by Gasteiger charge is 2.17. The lowest BCUT2D eigenvalue weighted by Gasteiger charge is -2.12. The second-order valence-corrected chi connectivity index (χ2v) is 5.02. The zero-order valence-electron chi connectivity index (χ0n) is 13.0. The number of primary amides is 1. The third kappa shape index (κ3) is 3.19. The molecule has 3 N–H and O–H groups in total. The Hall–Kier alpha value is -3.35. The number of rotatable bonds is 6. The van der Waals surface area contributed by atoms with Crippen molar-refractivity contribution in [3.8, 4) is 22.8 Å². The maximum absolute atomic E-state index is 11.4. The number of benzene rings is 2. The van der Waals surface area contributed by atoms with E-state index in [1.54, 1.807) is 25.3 Å². The summed E-state index contributed by atoms with van der Waals surface area (Å²) < 4.78 is 11.2. The molecule has 0 spiro atoms. The maximum atomic E-state index is 11.4. The molecular formula is C17H16N4O3. The molecule has 0 bridgehead atoms. The standard InChI is InChI=1S/C17H16N4O3/c1-23-13-8-7-12(15-16(17(18)22)20-21-19-15)9-14(13)24-10-11-5-3-2-4-6-11/h2-9H,10H2,1H3,(H2,18,22)(H,19,20,21). The van der Waals surface area contributed by atoms with Gasteiger partial charge in [-0.2, -0.15) is 15.4 Å². The van der Waals surface area contributed by atoms with Crippen molar-refractivity contribution >= 4 is 5.91 Å². The Kier molecular flexibility index (Phi) is 4.42. The monoisotopic (exact) mass is 324 g/mol. The third-order valence-electron chi connectivity index (χ3n) is 3.46. The Morgan fingerprint density at radius 1 is 1.12 bits per heavy atom. The zero-order chi connectivity index (χ0) is 16.9. The summed E-state index contributed by atoms with van der Waals surface area (Å²) >= 11 is 0. The number of hydrogen-bond acceptors (Lipinski definition) is 5. The fourth-order valence-electron chi connectivity index (χ4n) is 2.28. The summed E-state index contributed by atoms with van der Waals surface area (Å²) in [6, 6.07) is 15.0. The molecule has 0 saturated heterocycles. The van der Waals surface area contributed by atoms with Crippen LogP contribution in [0.3, 0.4) is 0 Å². The fraction of sp³-hybridized carbons (Fsp3) is 0.118. The number of ether oxygens (including phenoxy) is 2. The molecule has 3 rings (SSSR count). The molecule has 1 heterocycles. The second kappa shape index (κ2) is 6.82. The highest BCUT2D eigenvalue weighted by atomic mass is 16.5. The van der Waals surface area contributed by atoms with Gasteiger partial charge in [0.15, 0.2) is 17.2 Å². The molecule has 0 fully saturated rings. The Morgan fingerprint density at radius 3 is 2.62 bits per heavy atom. The number of nitrogens with two attached hydrogens (primary N) is 1. The average Bonchev–Trinajstić information content (AvgIpc) is 3.10. The summed E-state index contributed by atoms with van der Waals surface area (Å²) in [4.78, 5) is 11.4. The van der Waals surface area contributed by atoms with Crippen LogP contribution < -0.4 is 15.2 Å². The fourth-order valence-corrected chi connectivity index (χ4v) is 2.28. The van der Waals surface area contributed by atoms with Crippen LogP contribution in [-0.4, -0.2) is 28.4 Å². The number of methoxy groups -OCH3 is 1. The molecule has 0 radical (unpaired) electrons. The largest absolute Gasteiger partial charge is 0.493 e. The van der Waals surface area contributed by atoms with Gasteiger partial charge in [-0.15, -0.1) is 0 Å². The van der Waals surface area contributed by atoms with E-state index in [4.69, 9.17) is 15.2 Å². The first kappa shape index (κ1) is 15.5. The van der Waals surface area contributed by atoms with Gasteiger partial charge in [0.25, 0.3) is 5.91 Å². The van der Waals surface area contributed by atoms with Gasteiger partial charge in [-0.25, -0.2) is 0 Å². The molecule has 0 aliphatic rings. The van der Waals surface area contributed by atoms with Gasteiger partial charge < -0.3 is 15.2 Å². The number of hydrogen-bond donors (Lipinski definition) is 2. The quantitative estimate of drug-likeness (QED) is 0.723. The predicted molar refractivity (Wildman–Crippen MR) is 87.7 cm³/mol. The first-order valence-corrected chi connectivity index (χ1v) is 7.24. The Balaban J connectivity index is 1.90. The van der Waals surface area contributed by atoms with Crippen LogP contribution in [0.4, 0.5) is 0 Å². The Morgan fingerprint density at radius 2 is 1.92 bits per heavy atom. The molecule has 7 heteroatoms. The van der Waals surface area contributed by atoms with E-state index in [0.717, 1.165) is 5.56 Å². The van der Waals surface area contributed by atoms with E-state index in [0.29, 0.717) is 29.4 Å². The summed E-state index contributed by atoms with van der Waals surface area (Å²) in [6.45, 7) is 0.391. The van der Waals surface area contributed by atoms with Crippen molar-refractivity contribution in [1.82, 2.24) is 15.4 Å². The van der Waals surface area contributed by atoms with Crippen LogP contribution in [0, 0.1) is 0 Å². The maximum Gasteiger partial charge on any atom is 0.271 e. The van der Waals surface area contributed by atoms with Crippen molar-refractivity contribution in [1.29, 1.82) is 0 Å². The minimum atomic E-state index is -0.652. The van der Waals surface area contributed by atoms with Crippen molar-refractivity contribution in [2.24, 2.45) is 5.73 Å². The van der Waals surface area contributed by atoms with Gasteiger partial charge in [0.1, 0.15) is 12.3 Å². The van der Waals surface area contributed by atoms with Crippen LogP contribution in [0.5, 0.6) is 11.5 Å². The van der Waals surface area contributed by atoms with E-state index < -0.39 is 5.91 Å². The van der Waals surface area contributed by atoms with E-state index in [2.05, 4.69) is 15.4 Å². The normalized spacial score (nSPS) is 10.4. The Labute approximate surface area is 138 Å². The van der Waals surface area contributed by atoms with Crippen LogP contribution >= 0.6 is 0 Å². The minimum absolute atomic E-state index is 0.0779. The van der Waals surface area contributed by atoms with Crippen LogP contribution in [0.25, 0.3) is 11.3 Å². The van der Waals surface area contributed by atoms with Gasteiger partial charge in [-0.05, 0) is 23.8 Å². The summed E-state index contributed by atoms with van der Waals surface area (Å²) in [6.07, 6.45) is 0. The first-order valence-electron chi connectivity index (χ1n) is 7.24. The SMILES string of the molecule is COc1ccc(-c2n[nH]nc2C(N)=O)cc1OCc1ccccc1. The van der Waals surface area contributed by atoms with E-state index in [9.17, 15) is 4.79 Å². The summed E-state index contributed by atoms with van der Waals surface area (Å²) in [7, 11) is 1.56. The number of H-pyrrole nitrogens is 1. The number of carbonyl (C=O) groups is 1. The van der Waals surface area contributed by atoms with E-state index in [-0.39, 0.29) is 5.69 Å². The van der Waals surface area contributed by atoms with Gasteiger partial charge >= 0.3 is 0 Å². The molecule has 0 aliphatic heterocycles. The number of aromatic nitrogens is 3. The van der Waals surface area contributed by atoms with Crippen molar-refractivity contribution in [3.63, 3.8) is 0 Å². The Bertz CT molecular complexity index is 846. The highest BCUT2D eigenvalue weighted by Crippen LogP contribution is 2.33. The number of nitrogens with one attached hydrogen (secondary N) is 1. The van der Waals surface area contributed by atoms with Gasteiger partial charge in [0.2, 0.25) is 0 Å². The van der Waals surface area contributed by atoms with Crippen LogP contribution in [0.15, 0.2) is 48.5 Å². The summed E-state index contributed by atoms with van der Waals surface area (Å²) in [5.74, 6) is 0.470. The van der Waals surface area contributed by atoms with Gasteiger partial charge in [-0.3, -0.25) is 4.79 Å². The minimum Gasteiger partial charge on any atom is -0.493 e. The second-order valence-electron chi connectivity index (χ2n) is 5.02. The molecule has 122 valence electrons. The van der Waals surface area contributed by atoms with Crippen molar-refractivity contribution in [2.45, 2.75) is 6.61 Å². The number of amides is 1. The zero-order valence-corrected chi connectivity index (χ0v) is 13.0. The molecule has 0 saturated carbocycles. The van der Waals surface area contributed by atoms with Crippen LogP contribution in [0.2, 0.25) is 0 Å². The van der Waals surface area contributed by atoms with Crippen LogP contribution in [0.1, 0.15) is 16.1 Å². The van der Waals surface area contributed by atoms with E-state index in [1.807, 2.05) is 30.3 Å². The van der Waals surface area contributed by atoms with Gasteiger partial charge in [0.05, 0.1) is 7.11 Å². The topological polar surface area (TPSA) is 103 Å². The van der Waals surface area contributed by atoms with Crippen molar-refractivity contribution in [3.05, 3.63) is 59.8 Å². The molecular weight excluding hydrogens is 308 g/mol. The lowest BCUT2D eigenvalue weighted by molar-refractivity contribution is 0.0996. The lowest BCUT2D eigenvalue weighted by Crippen LogP contribution is -2.12. The van der Waals surface area contributed by atoms with E-state index in [1.165, 1.54) is 0 Å². The van der Waals surface area contributed by atoms with E-state index >= 15 is 0 Å². The highest BCUT2D eigenvalue weighted by molar-refractivity contribution is 5.96. The lowest BCUT2D eigenvalue weighted by atomic mass is 10.1. The number of aromatic amines is 1. The molecule has 1 aromatic heterocycles. The third-order valence-corrected chi connectivity index (χ3v) is 3.46. The smallest absolute Gasteiger partial charge is 0.271 e. The first-order chi connectivity index (χ1) is 11.7. The molecule has 2 aromatic carbocycles. The molecule has 0 atom stereocenters. The van der Waals surface area contributed by atoms with Gasteiger partial charge in [-0.1, -0.05) is 30.3 Å². The molecule has 7 nitrogen and oxygen atoms in total. The molecule has 1 amide bonds. The van der Waals surface area contributed by atoms with Crippen molar-refractivity contribution < 1.29 is 14.3 Å². The van der Waals surface area contributed by atoms with Crippen LogP contribution in [-0.2, 0) is 6.61 Å². The average molecular weight is 324 g/mol. The molecule has 0 aliphatic carbocycles. The molecule has 24 heavy (non-hydrogen) atoms. The number of nitrogens with zero attached hydrogens (tertiary/aromatic N) is 2. The van der Waals surface area contributed by atoms with Crippen molar-refractivity contribution in [2.75, 3.05) is 7.11 Å². The summed E-state index contributed by atoms with van der Waals surface area (Å²) in [5.41, 5.74) is 7.44. The predicted octanol–water partition coefficient (Wildman–Crippen LogP) is 2.16. The molecule has 3 aromatic rings. The molecule has 0 unspecified atom stereocenters.